The third kappa shape index (κ3) is 3.30. The van der Waals surface area contributed by atoms with Crippen LogP contribution in [-0.4, -0.2) is 18.2 Å². The summed E-state index contributed by atoms with van der Waals surface area (Å²) in [6, 6.07) is 7.81. The van der Waals surface area contributed by atoms with E-state index < -0.39 is 33.2 Å². The van der Waals surface area contributed by atoms with Crippen LogP contribution in [0.1, 0.15) is 11.4 Å². The number of benzene rings is 2. The maximum atomic E-state index is 13.8. The molecule has 0 bridgehead atoms. The number of sulfonamides is 1. The Hall–Kier alpha value is -2.81. The Bertz CT molecular complexity index is 1080. The molecular formula is C17H14F3N3O2S. The van der Waals surface area contributed by atoms with E-state index in [9.17, 15) is 21.6 Å². The van der Waals surface area contributed by atoms with E-state index in [1.54, 1.807) is 0 Å². The van der Waals surface area contributed by atoms with Crippen LogP contribution < -0.4 is 4.72 Å². The quantitative estimate of drug-likeness (QED) is 0.749. The van der Waals surface area contributed by atoms with Gasteiger partial charge in [-0.15, -0.1) is 0 Å². The summed E-state index contributed by atoms with van der Waals surface area (Å²) in [5.41, 5.74) is 0.373. The fourth-order valence-corrected chi connectivity index (χ4v) is 4.08. The number of aromatic nitrogens is 2. The molecule has 3 rings (SSSR count). The number of aryl methyl sites for hydroxylation is 1. The molecule has 3 aromatic rings. The van der Waals surface area contributed by atoms with Crippen LogP contribution in [0, 0.1) is 31.3 Å². The highest BCUT2D eigenvalue weighted by molar-refractivity contribution is 7.92. The van der Waals surface area contributed by atoms with Gasteiger partial charge in [0.05, 0.1) is 22.8 Å². The zero-order chi connectivity index (χ0) is 19.1. The summed E-state index contributed by atoms with van der Waals surface area (Å²) in [6.07, 6.45) is 0. The van der Waals surface area contributed by atoms with Gasteiger partial charge in [0.1, 0.15) is 22.3 Å². The van der Waals surface area contributed by atoms with Gasteiger partial charge in [-0.1, -0.05) is 0 Å². The molecular weight excluding hydrogens is 367 g/mol. The van der Waals surface area contributed by atoms with Crippen LogP contribution in [-0.2, 0) is 10.0 Å². The molecule has 0 aliphatic rings. The Morgan fingerprint density at radius 2 is 1.58 bits per heavy atom. The molecule has 1 aromatic heterocycles. The molecule has 0 saturated carbocycles. The van der Waals surface area contributed by atoms with Crippen LogP contribution in [0.25, 0.3) is 5.69 Å². The second-order valence-electron chi connectivity index (χ2n) is 5.62. The first-order valence-electron chi connectivity index (χ1n) is 7.49. The van der Waals surface area contributed by atoms with E-state index in [0.717, 1.165) is 18.2 Å². The van der Waals surface area contributed by atoms with Crippen molar-refractivity contribution < 1.29 is 21.6 Å². The number of nitrogens with one attached hydrogen (secondary N) is 1. The molecule has 0 radical (unpaired) electrons. The Morgan fingerprint density at radius 3 is 2.23 bits per heavy atom. The van der Waals surface area contributed by atoms with Crippen molar-refractivity contribution in [2.45, 2.75) is 18.7 Å². The van der Waals surface area contributed by atoms with Crippen molar-refractivity contribution in [3.05, 3.63) is 71.3 Å². The Kier molecular flexibility index (Phi) is 4.49. The molecule has 9 heteroatoms. The van der Waals surface area contributed by atoms with E-state index in [4.69, 9.17) is 0 Å². The highest BCUT2D eigenvalue weighted by Crippen LogP contribution is 2.26. The average molecular weight is 381 g/mol. The lowest BCUT2D eigenvalue weighted by atomic mass is 10.3. The van der Waals surface area contributed by atoms with Gasteiger partial charge in [0.25, 0.3) is 10.0 Å². The van der Waals surface area contributed by atoms with Gasteiger partial charge >= 0.3 is 0 Å². The molecule has 136 valence electrons. The van der Waals surface area contributed by atoms with Crippen molar-refractivity contribution in [2.24, 2.45) is 0 Å². The topological polar surface area (TPSA) is 64.0 Å². The van der Waals surface area contributed by atoms with Gasteiger partial charge < -0.3 is 0 Å². The van der Waals surface area contributed by atoms with Crippen molar-refractivity contribution in [3.63, 3.8) is 0 Å². The minimum Gasteiger partial charge on any atom is -0.276 e. The molecule has 0 unspecified atom stereocenters. The number of rotatable bonds is 4. The number of halogens is 3. The lowest BCUT2D eigenvalue weighted by Gasteiger charge is -2.10. The zero-order valence-corrected chi connectivity index (χ0v) is 14.6. The van der Waals surface area contributed by atoms with E-state index in [0.29, 0.717) is 5.69 Å². The van der Waals surface area contributed by atoms with Crippen molar-refractivity contribution >= 4 is 15.7 Å². The third-order valence-corrected chi connectivity index (χ3v) is 5.35. The van der Waals surface area contributed by atoms with Gasteiger partial charge in [0.2, 0.25) is 0 Å². The second-order valence-corrected chi connectivity index (χ2v) is 7.24. The van der Waals surface area contributed by atoms with Gasteiger partial charge in [-0.3, -0.25) is 4.72 Å². The van der Waals surface area contributed by atoms with Crippen molar-refractivity contribution in [3.8, 4) is 5.69 Å². The predicted molar refractivity (Wildman–Crippen MR) is 90.2 cm³/mol. The number of nitrogens with zero attached hydrogens (tertiary/aromatic N) is 2. The van der Waals surface area contributed by atoms with Crippen LogP contribution >= 0.6 is 0 Å². The van der Waals surface area contributed by atoms with E-state index in [1.807, 2.05) is 4.72 Å². The first kappa shape index (κ1) is 18.0. The Morgan fingerprint density at radius 1 is 0.962 bits per heavy atom. The van der Waals surface area contributed by atoms with Crippen molar-refractivity contribution in [1.82, 2.24) is 9.78 Å². The smallest absolute Gasteiger partial charge is 0.265 e. The summed E-state index contributed by atoms with van der Waals surface area (Å²) in [7, 11) is -4.22. The summed E-state index contributed by atoms with van der Waals surface area (Å²) in [5, 5.41) is 4.17. The number of hydrogen-bond donors (Lipinski definition) is 1. The van der Waals surface area contributed by atoms with Crippen molar-refractivity contribution in [1.29, 1.82) is 0 Å². The fourth-order valence-electron chi connectivity index (χ4n) is 2.62. The molecule has 0 fully saturated rings. The van der Waals surface area contributed by atoms with Crippen LogP contribution in [0.2, 0.25) is 0 Å². The monoisotopic (exact) mass is 381 g/mol. The summed E-state index contributed by atoms with van der Waals surface area (Å²) < 4.78 is 68.9. The molecule has 0 aliphatic carbocycles. The Balaban J connectivity index is 2.06. The van der Waals surface area contributed by atoms with Crippen LogP contribution in [0.3, 0.4) is 0 Å². The second kappa shape index (κ2) is 6.49. The first-order valence-corrected chi connectivity index (χ1v) is 8.97. The summed E-state index contributed by atoms with van der Waals surface area (Å²) in [6.45, 7) is 2.99. The lowest BCUT2D eigenvalue weighted by molar-refractivity contribution is 0.593. The van der Waals surface area contributed by atoms with Gasteiger partial charge in [-0.05, 0) is 50.2 Å². The minimum atomic E-state index is -4.22. The molecule has 1 heterocycles. The molecule has 0 amide bonds. The fraction of sp³-hybridized carbons (Fsp3) is 0.118. The standard InChI is InChI=1S/C17H14F3N3O2S/c1-10-17(11(2)23(21-10)14-6-3-12(18)4-7-14)26(24,25)22-16-9-13(19)5-8-15(16)20/h3-9,22H,1-2H3. The molecule has 0 atom stereocenters. The summed E-state index contributed by atoms with van der Waals surface area (Å²) >= 11 is 0. The number of hydrogen-bond acceptors (Lipinski definition) is 3. The largest absolute Gasteiger partial charge is 0.276 e. The first-order chi connectivity index (χ1) is 12.2. The van der Waals surface area contributed by atoms with Crippen LogP contribution in [0.15, 0.2) is 47.4 Å². The van der Waals surface area contributed by atoms with Crippen LogP contribution in [0.5, 0.6) is 0 Å². The van der Waals surface area contributed by atoms with E-state index in [-0.39, 0.29) is 16.3 Å². The van der Waals surface area contributed by atoms with Crippen LogP contribution in [0.4, 0.5) is 18.9 Å². The van der Waals surface area contributed by atoms with E-state index in [2.05, 4.69) is 5.10 Å². The van der Waals surface area contributed by atoms with Gasteiger partial charge in [0, 0.05) is 6.07 Å². The van der Waals surface area contributed by atoms with Gasteiger partial charge in [-0.25, -0.2) is 26.3 Å². The normalized spacial score (nSPS) is 11.6. The molecule has 0 aliphatic heterocycles. The zero-order valence-electron chi connectivity index (χ0n) is 13.8. The number of anilines is 1. The highest BCUT2D eigenvalue weighted by atomic mass is 32.2. The molecule has 26 heavy (non-hydrogen) atoms. The summed E-state index contributed by atoms with van der Waals surface area (Å²) in [5.74, 6) is -2.12. The van der Waals surface area contributed by atoms with Gasteiger partial charge in [0.15, 0.2) is 0 Å². The van der Waals surface area contributed by atoms with E-state index >= 15 is 0 Å². The van der Waals surface area contributed by atoms with E-state index in [1.165, 1.54) is 42.8 Å². The maximum Gasteiger partial charge on any atom is 0.265 e. The molecule has 2 aromatic carbocycles. The third-order valence-electron chi connectivity index (χ3n) is 3.74. The molecule has 0 saturated heterocycles. The van der Waals surface area contributed by atoms with Crippen molar-refractivity contribution in [2.75, 3.05) is 4.72 Å². The molecule has 0 spiro atoms. The molecule has 5 nitrogen and oxygen atoms in total. The highest BCUT2D eigenvalue weighted by Gasteiger charge is 2.26. The SMILES string of the molecule is Cc1nn(-c2ccc(F)cc2)c(C)c1S(=O)(=O)Nc1cc(F)ccc1F. The average Bonchev–Trinajstić information content (AvgIpc) is 2.87. The summed E-state index contributed by atoms with van der Waals surface area (Å²) in [4.78, 5) is -0.162. The maximum absolute atomic E-state index is 13.8. The minimum absolute atomic E-state index is 0.162. The molecule has 1 N–H and O–H groups in total. The Labute approximate surface area is 148 Å². The lowest BCUT2D eigenvalue weighted by Crippen LogP contribution is -2.16. The van der Waals surface area contributed by atoms with Gasteiger partial charge in [-0.2, -0.15) is 5.10 Å². The predicted octanol–water partition coefficient (Wildman–Crippen LogP) is 3.71.